The lowest BCUT2D eigenvalue weighted by Crippen LogP contribution is -2.32. The molecule has 0 saturated heterocycles. The van der Waals surface area contributed by atoms with Crippen LogP contribution in [0.15, 0.2) is 70.6 Å². The van der Waals surface area contributed by atoms with Gasteiger partial charge in [0.25, 0.3) is 5.91 Å². The van der Waals surface area contributed by atoms with Crippen molar-refractivity contribution in [3.05, 3.63) is 77.5 Å². The number of nitrogens with zero attached hydrogens (tertiary/aromatic N) is 2. The van der Waals surface area contributed by atoms with Crippen molar-refractivity contribution < 1.29 is 19.1 Å². The van der Waals surface area contributed by atoms with Crippen LogP contribution in [0.4, 0.5) is 0 Å². The number of aromatic nitrogens is 1. The molecule has 3 aromatic rings. The molecule has 1 N–H and O–H groups in total. The van der Waals surface area contributed by atoms with Crippen molar-refractivity contribution in [3.63, 3.8) is 0 Å². The Labute approximate surface area is 168 Å². The van der Waals surface area contributed by atoms with Gasteiger partial charge in [-0.15, -0.1) is 0 Å². The molecule has 1 atom stereocenters. The molecule has 0 fully saturated rings. The van der Waals surface area contributed by atoms with E-state index in [9.17, 15) is 14.7 Å². The minimum Gasteiger partial charge on any atom is -0.503 e. The summed E-state index contributed by atoms with van der Waals surface area (Å²) in [7, 11) is 0. The van der Waals surface area contributed by atoms with E-state index >= 15 is 0 Å². The van der Waals surface area contributed by atoms with Crippen LogP contribution in [-0.4, -0.2) is 33.2 Å². The molecule has 1 amide bonds. The summed E-state index contributed by atoms with van der Waals surface area (Å²) in [5, 5.41) is 11.4. The third-order valence-electron chi connectivity index (χ3n) is 5.20. The van der Waals surface area contributed by atoms with Crippen LogP contribution in [-0.2, 0) is 4.79 Å². The first-order valence-corrected chi connectivity index (χ1v) is 9.79. The lowest BCUT2D eigenvalue weighted by Gasteiger charge is -2.26. The highest BCUT2D eigenvalue weighted by molar-refractivity contribution is 6.15. The number of fused-ring (bicyclic) bond motifs is 1. The molecule has 6 heteroatoms. The number of hydrogen-bond acceptors (Lipinski definition) is 5. The van der Waals surface area contributed by atoms with Crippen LogP contribution >= 0.6 is 0 Å². The number of furan rings is 1. The van der Waals surface area contributed by atoms with Gasteiger partial charge in [-0.05, 0) is 30.2 Å². The molecular formula is C23H22N2O4. The van der Waals surface area contributed by atoms with Gasteiger partial charge >= 0.3 is 0 Å². The van der Waals surface area contributed by atoms with Crippen molar-refractivity contribution >= 4 is 22.7 Å². The summed E-state index contributed by atoms with van der Waals surface area (Å²) in [6, 6.07) is 11.8. The number of ketones is 1. The van der Waals surface area contributed by atoms with E-state index in [2.05, 4.69) is 11.9 Å². The second-order valence-electron chi connectivity index (χ2n) is 7.13. The fourth-order valence-corrected chi connectivity index (χ4v) is 3.76. The Kier molecular flexibility index (Phi) is 5.16. The zero-order valence-electron chi connectivity index (χ0n) is 16.2. The molecule has 1 aromatic carbocycles. The minimum absolute atomic E-state index is 0.0403. The number of unbranched alkanes of at least 4 members (excludes halogenated alkanes) is 2. The van der Waals surface area contributed by atoms with Crippen LogP contribution in [0.5, 0.6) is 0 Å². The van der Waals surface area contributed by atoms with Crippen LogP contribution in [0.3, 0.4) is 0 Å². The maximum Gasteiger partial charge on any atom is 0.290 e. The van der Waals surface area contributed by atoms with E-state index in [1.807, 2.05) is 24.3 Å². The molecular weight excluding hydrogens is 368 g/mol. The molecule has 4 rings (SSSR count). The van der Waals surface area contributed by atoms with Gasteiger partial charge in [0.2, 0.25) is 5.78 Å². The Hall–Kier alpha value is -3.41. The SMILES string of the molecule is CCCCCN1C(=O)C(O)=C(C(=O)c2cc3ccccc3o2)C1c1cccnc1. The number of aliphatic hydroxyl groups excluding tert-OH is 1. The largest absolute Gasteiger partial charge is 0.503 e. The third-order valence-corrected chi connectivity index (χ3v) is 5.20. The molecule has 0 bridgehead atoms. The minimum atomic E-state index is -0.686. The van der Waals surface area contributed by atoms with E-state index in [0.29, 0.717) is 17.7 Å². The maximum atomic E-state index is 13.3. The normalized spacial score (nSPS) is 16.8. The topological polar surface area (TPSA) is 83.6 Å². The number of benzene rings is 1. The van der Waals surface area contributed by atoms with Gasteiger partial charge in [-0.2, -0.15) is 0 Å². The van der Waals surface area contributed by atoms with Crippen molar-refractivity contribution in [2.75, 3.05) is 6.54 Å². The Bertz CT molecular complexity index is 1050. The van der Waals surface area contributed by atoms with Crippen LogP contribution in [0.25, 0.3) is 11.0 Å². The van der Waals surface area contributed by atoms with Crippen molar-refractivity contribution in [2.24, 2.45) is 0 Å². The third kappa shape index (κ3) is 3.42. The molecule has 0 radical (unpaired) electrons. The van der Waals surface area contributed by atoms with Gasteiger partial charge < -0.3 is 14.4 Å². The molecule has 2 aromatic heterocycles. The first-order valence-electron chi connectivity index (χ1n) is 9.79. The van der Waals surface area contributed by atoms with Crippen molar-refractivity contribution in [3.8, 4) is 0 Å². The fraction of sp³-hybridized carbons (Fsp3) is 0.261. The Balaban J connectivity index is 1.75. The average molecular weight is 390 g/mol. The molecule has 1 unspecified atom stereocenters. The zero-order chi connectivity index (χ0) is 20.4. The molecule has 1 aliphatic rings. The highest BCUT2D eigenvalue weighted by Gasteiger charge is 2.44. The summed E-state index contributed by atoms with van der Waals surface area (Å²) in [5.74, 6) is -1.43. The van der Waals surface area contributed by atoms with E-state index in [1.165, 1.54) is 0 Å². The van der Waals surface area contributed by atoms with Crippen molar-refractivity contribution in [2.45, 2.75) is 32.2 Å². The number of carbonyl (C=O) groups excluding carboxylic acids is 2. The summed E-state index contributed by atoms with van der Waals surface area (Å²) < 4.78 is 5.70. The van der Waals surface area contributed by atoms with Gasteiger partial charge in [0.05, 0.1) is 11.6 Å². The van der Waals surface area contributed by atoms with Crippen LogP contribution in [0.2, 0.25) is 0 Å². The average Bonchev–Trinajstić information content (AvgIpc) is 3.29. The Morgan fingerprint density at radius 3 is 2.76 bits per heavy atom. The first-order chi connectivity index (χ1) is 14.1. The Morgan fingerprint density at radius 2 is 2.03 bits per heavy atom. The number of rotatable bonds is 7. The van der Waals surface area contributed by atoms with Crippen LogP contribution in [0.1, 0.15) is 48.3 Å². The van der Waals surface area contributed by atoms with Crippen LogP contribution in [0, 0.1) is 0 Å². The molecule has 0 saturated carbocycles. The number of amides is 1. The second-order valence-corrected chi connectivity index (χ2v) is 7.13. The molecule has 0 aliphatic carbocycles. The van der Waals surface area contributed by atoms with E-state index in [1.54, 1.807) is 35.5 Å². The smallest absolute Gasteiger partial charge is 0.290 e. The van der Waals surface area contributed by atoms with Crippen molar-refractivity contribution in [1.82, 2.24) is 9.88 Å². The van der Waals surface area contributed by atoms with E-state index in [-0.39, 0.29) is 11.3 Å². The molecule has 3 heterocycles. The van der Waals surface area contributed by atoms with Gasteiger partial charge in [-0.3, -0.25) is 14.6 Å². The number of Topliss-reactive ketones (excluding diaryl/α,β-unsaturated/α-hetero) is 1. The van der Waals surface area contributed by atoms with E-state index in [0.717, 1.165) is 24.6 Å². The summed E-state index contributed by atoms with van der Waals surface area (Å²) in [4.78, 5) is 31.8. The summed E-state index contributed by atoms with van der Waals surface area (Å²) in [5.41, 5.74) is 1.30. The lowest BCUT2D eigenvalue weighted by molar-refractivity contribution is -0.129. The molecule has 6 nitrogen and oxygen atoms in total. The number of hydrogen-bond donors (Lipinski definition) is 1. The first kappa shape index (κ1) is 18.9. The lowest BCUT2D eigenvalue weighted by atomic mass is 9.96. The quantitative estimate of drug-likeness (QED) is 0.471. The number of aliphatic hydroxyl groups is 1. The van der Waals surface area contributed by atoms with E-state index in [4.69, 9.17) is 4.42 Å². The standard InChI is InChI=1S/C23H22N2O4/c1-2-3-6-12-25-20(16-9-7-11-24-14-16)19(22(27)23(25)28)21(26)18-13-15-8-4-5-10-17(15)29-18/h4-5,7-11,13-14,20,27H,2-3,6,12H2,1H3. The highest BCUT2D eigenvalue weighted by Crippen LogP contribution is 2.39. The maximum absolute atomic E-state index is 13.3. The summed E-state index contributed by atoms with van der Waals surface area (Å²) in [6.07, 6.45) is 6.00. The van der Waals surface area contributed by atoms with Gasteiger partial charge in [0, 0.05) is 24.3 Å². The van der Waals surface area contributed by atoms with Crippen molar-refractivity contribution in [1.29, 1.82) is 0 Å². The number of carbonyl (C=O) groups is 2. The molecule has 148 valence electrons. The number of para-hydroxylation sites is 1. The highest BCUT2D eigenvalue weighted by atomic mass is 16.3. The zero-order valence-corrected chi connectivity index (χ0v) is 16.2. The van der Waals surface area contributed by atoms with Crippen LogP contribution < -0.4 is 0 Å². The van der Waals surface area contributed by atoms with E-state index < -0.39 is 23.5 Å². The molecule has 0 spiro atoms. The van der Waals surface area contributed by atoms with Gasteiger partial charge in [-0.25, -0.2) is 0 Å². The second kappa shape index (κ2) is 7.91. The Morgan fingerprint density at radius 1 is 1.21 bits per heavy atom. The predicted molar refractivity (Wildman–Crippen MR) is 108 cm³/mol. The fourth-order valence-electron chi connectivity index (χ4n) is 3.76. The molecule has 1 aliphatic heterocycles. The van der Waals surface area contributed by atoms with Gasteiger partial charge in [0.15, 0.2) is 11.5 Å². The van der Waals surface area contributed by atoms with Gasteiger partial charge in [-0.1, -0.05) is 44.0 Å². The summed E-state index contributed by atoms with van der Waals surface area (Å²) in [6.45, 7) is 2.53. The monoisotopic (exact) mass is 390 g/mol. The number of pyridine rings is 1. The molecule has 29 heavy (non-hydrogen) atoms. The summed E-state index contributed by atoms with van der Waals surface area (Å²) >= 11 is 0. The predicted octanol–water partition coefficient (Wildman–Crippen LogP) is 4.60. The van der Waals surface area contributed by atoms with Gasteiger partial charge in [0.1, 0.15) is 5.58 Å².